The molecule has 90 valence electrons. The van der Waals surface area contributed by atoms with Crippen molar-refractivity contribution in [3.63, 3.8) is 0 Å². The Morgan fingerprint density at radius 3 is 2.47 bits per heavy atom. The summed E-state index contributed by atoms with van der Waals surface area (Å²) in [5, 5.41) is 0. The lowest BCUT2D eigenvalue weighted by molar-refractivity contribution is 0.376. The smallest absolute Gasteiger partial charge is 0.122 e. The van der Waals surface area contributed by atoms with Crippen LogP contribution in [0.25, 0.3) is 0 Å². The van der Waals surface area contributed by atoms with Gasteiger partial charge in [-0.05, 0) is 13.0 Å². The van der Waals surface area contributed by atoms with Crippen LogP contribution in [0.5, 0.6) is 5.75 Å². The number of rotatable bonds is 3. The molecule has 0 radical (unpaired) electrons. The van der Waals surface area contributed by atoms with E-state index in [9.17, 15) is 0 Å². The van der Waals surface area contributed by atoms with Gasteiger partial charge in [-0.15, -0.1) is 0 Å². The maximum atomic E-state index is 5.47. The highest BCUT2D eigenvalue weighted by Crippen LogP contribution is 2.40. The molecule has 1 aliphatic rings. The second kappa shape index (κ2) is 4.40. The Hall–Kier alpha value is -1.50. The van der Waals surface area contributed by atoms with E-state index in [1.165, 1.54) is 11.1 Å². The number of hydrogen-bond acceptors (Lipinski definition) is 1. The predicted molar refractivity (Wildman–Crippen MR) is 72.4 cm³/mol. The van der Waals surface area contributed by atoms with E-state index in [2.05, 4.69) is 51.1 Å². The second-order valence-corrected chi connectivity index (χ2v) is 5.22. The van der Waals surface area contributed by atoms with Crippen LogP contribution < -0.4 is 4.74 Å². The Labute approximate surface area is 104 Å². The number of methoxy groups -OCH3 is 1. The first kappa shape index (κ1) is 12.0. The van der Waals surface area contributed by atoms with Gasteiger partial charge in [0.05, 0.1) is 7.11 Å². The highest BCUT2D eigenvalue weighted by molar-refractivity contribution is 5.43. The van der Waals surface area contributed by atoms with Crippen LogP contribution in [0.3, 0.4) is 0 Å². The predicted octanol–water partition coefficient (Wildman–Crippen LogP) is 4.11. The summed E-state index contributed by atoms with van der Waals surface area (Å²) < 4.78 is 5.47. The zero-order valence-corrected chi connectivity index (χ0v) is 11.0. The number of para-hydroxylation sites is 1. The molecule has 1 aromatic rings. The average Bonchev–Trinajstić information content (AvgIpc) is 2.76. The summed E-state index contributed by atoms with van der Waals surface area (Å²) in [5.41, 5.74) is 2.67. The third-order valence-electron chi connectivity index (χ3n) is 3.64. The third-order valence-corrected chi connectivity index (χ3v) is 3.64. The summed E-state index contributed by atoms with van der Waals surface area (Å²) in [7, 11) is 1.74. The molecule has 1 atom stereocenters. The molecule has 0 spiro atoms. The largest absolute Gasteiger partial charge is 0.496 e. The minimum Gasteiger partial charge on any atom is -0.496 e. The molecule has 0 bridgehead atoms. The first-order chi connectivity index (χ1) is 8.05. The lowest BCUT2D eigenvalue weighted by Crippen LogP contribution is -2.26. The van der Waals surface area contributed by atoms with Crippen LogP contribution in [0.1, 0.15) is 26.3 Å². The molecule has 1 unspecified atom stereocenters. The lowest BCUT2D eigenvalue weighted by atomic mass is 9.73. The zero-order valence-electron chi connectivity index (χ0n) is 11.0. The quantitative estimate of drug-likeness (QED) is 0.756. The van der Waals surface area contributed by atoms with Gasteiger partial charge in [-0.3, -0.25) is 0 Å². The Kier molecular flexibility index (Phi) is 3.10. The Morgan fingerprint density at radius 2 is 1.88 bits per heavy atom. The number of allylic oxidation sites excluding steroid dienone is 4. The van der Waals surface area contributed by atoms with Crippen molar-refractivity contribution in [3.8, 4) is 5.75 Å². The Morgan fingerprint density at radius 1 is 1.18 bits per heavy atom. The number of ether oxygens (including phenoxy) is 1. The van der Waals surface area contributed by atoms with Crippen molar-refractivity contribution in [1.29, 1.82) is 0 Å². The molecule has 0 fully saturated rings. The fourth-order valence-corrected chi connectivity index (χ4v) is 2.46. The van der Waals surface area contributed by atoms with Crippen LogP contribution in [0.4, 0.5) is 0 Å². The van der Waals surface area contributed by atoms with Crippen molar-refractivity contribution in [2.45, 2.75) is 26.2 Å². The molecular formula is C16H20O. The van der Waals surface area contributed by atoms with Crippen LogP contribution in [0.15, 0.2) is 48.1 Å². The maximum absolute atomic E-state index is 5.47. The van der Waals surface area contributed by atoms with Gasteiger partial charge in [-0.1, -0.05) is 55.8 Å². The van der Waals surface area contributed by atoms with Crippen molar-refractivity contribution < 1.29 is 4.74 Å². The molecule has 1 aliphatic carbocycles. The topological polar surface area (TPSA) is 9.23 Å². The molecule has 1 aromatic carbocycles. The van der Waals surface area contributed by atoms with E-state index in [-0.39, 0.29) is 5.41 Å². The molecule has 0 saturated heterocycles. The number of hydrogen-bond donors (Lipinski definition) is 0. The fourth-order valence-electron chi connectivity index (χ4n) is 2.46. The van der Waals surface area contributed by atoms with Gasteiger partial charge in [0.25, 0.3) is 0 Å². The van der Waals surface area contributed by atoms with Gasteiger partial charge in [0.2, 0.25) is 0 Å². The minimum absolute atomic E-state index is 0.0564. The number of benzene rings is 1. The maximum Gasteiger partial charge on any atom is 0.122 e. The molecule has 17 heavy (non-hydrogen) atoms. The molecule has 0 aromatic heterocycles. The third kappa shape index (κ3) is 2.14. The van der Waals surface area contributed by atoms with Crippen LogP contribution in [0.2, 0.25) is 0 Å². The summed E-state index contributed by atoms with van der Waals surface area (Å²) in [4.78, 5) is 0. The van der Waals surface area contributed by atoms with Crippen LogP contribution in [0, 0.1) is 5.92 Å². The van der Waals surface area contributed by atoms with Gasteiger partial charge in [-0.2, -0.15) is 0 Å². The molecule has 0 N–H and O–H groups in total. The van der Waals surface area contributed by atoms with Gasteiger partial charge < -0.3 is 4.74 Å². The highest BCUT2D eigenvalue weighted by Gasteiger charge is 2.31. The van der Waals surface area contributed by atoms with E-state index in [0.717, 1.165) is 5.75 Å². The van der Waals surface area contributed by atoms with Crippen molar-refractivity contribution >= 4 is 0 Å². The Balaban J connectivity index is 2.41. The van der Waals surface area contributed by atoms with Crippen molar-refractivity contribution in [1.82, 2.24) is 0 Å². The molecule has 0 heterocycles. The van der Waals surface area contributed by atoms with E-state index < -0.39 is 0 Å². The Bertz CT molecular complexity index is 466. The van der Waals surface area contributed by atoms with Gasteiger partial charge in [-0.25, -0.2) is 0 Å². The van der Waals surface area contributed by atoms with Crippen molar-refractivity contribution in [2.24, 2.45) is 5.92 Å². The molecule has 2 rings (SSSR count). The van der Waals surface area contributed by atoms with E-state index >= 15 is 0 Å². The SMILES string of the molecule is COc1ccccc1C(C)(C)C1C=CC(C)=C1. The first-order valence-electron chi connectivity index (χ1n) is 6.06. The fraction of sp³-hybridized carbons (Fsp3) is 0.375. The summed E-state index contributed by atoms with van der Waals surface area (Å²) in [5.74, 6) is 1.42. The lowest BCUT2D eigenvalue weighted by Gasteiger charge is -2.31. The summed E-state index contributed by atoms with van der Waals surface area (Å²) in [6, 6.07) is 8.29. The monoisotopic (exact) mass is 228 g/mol. The molecule has 1 nitrogen and oxygen atoms in total. The van der Waals surface area contributed by atoms with Crippen molar-refractivity contribution in [2.75, 3.05) is 7.11 Å². The van der Waals surface area contributed by atoms with E-state index in [4.69, 9.17) is 4.74 Å². The summed E-state index contributed by atoms with van der Waals surface area (Å²) in [6.07, 6.45) is 6.80. The average molecular weight is 228 g/mol. The van der Waals surface area contributed by atoms with E-state index in [1.54, 1.807) is 7.11 Å². The minimum atomic E-state index is 0.0564. The van der Waals surface area contributed by atoms with Gasteiger partial charge in [0.1, 0.15) is 5.75 Å². The van der Waals surface area contributed by atoms with Crippen LogP contribution >= 0.6 is 0 Å². The van der Waals surface area contributed by atoms with Crippen molar-refractivity contribution in [3.05, 3.63) is 53.6 Å². The van der Waals surface area contributed by atoms with E-state index in [0.29, 0.717) is 5.92 Å². The normalized spacial score (nSPS) is 19.3. The molecule has 0 saturated carbocycles. The zero-order chi connectivity index (χ0) is 12.5. The van der Waals surface area contributed by atoms with Crippen LogP contribution in [-0.4, -0.2) is 7.11 Å². The summed E-state index contributed by atoms with van der Waals surface area (Å²) >= 11 is 0. The van der Waals surface area contributed by atoms with Crippen LogP contribution in [-0.2, 0) is 5.41 Å². The molecular weight excluding hydrogens is 208 g/mol. The molecule has 0 amide bonds. The highest BCUT2D eigenvalue weighted by atomic mass is 16.5. The van der Waals surface area contributed by atoms with Gasteiger partial charge >= 0.3 is 0 Å². The van der Waals surface area contributed by atoms with Gasteiger partial charge in [0.15, 0.2) is 0 Å². The first-order valence-corrected chi connectivity index (χ1v) is 6.06. The molecule has 0 aliphatic heterocycles. The second-order valence-electron chi connectivity index (χ2n) is 5.22. The van der Waals surface area contributed by atoms with E-state index in [1.807, 2.05) is 12.1 Å². The molecule has 1 heteroatoms. The standard InChI is InChI=1S/C16H20O/c1-12-9-10-13(11-12)16(2,3)14-7-5-6-8-15(14)17-4/h5-11,13H,1-4H3. The van der Waals surface area contributed by atoms with Gasteiger partial charge in [0, 0.05) is 16.9 Å². The summed E-state index contributed by atoms with van der Waals surface area (Å²) in [6.45, 7) is 6.69.